The third-order valence-electron chi connectivity index (χ3n) is 4.36. The lowest BCUT2D eigenvalue weighted by atomic mass is 10.1. The Morgan fingerprint density at radius 1 is 1.25 bits per heavy atom. The van der Waals surface area contributed by atoms with Crippen molar-refractivity contribution in [1.29, 1.82) is 0 Å². The maximum absolute atomic E-state index is 12.5. The minimum absolute atomic E-state index is 0.242. The summed E-state index contributed by atoms with van der Waals surface area (Å²) in [5.74, 6) is 0.657. The number of H-pyrrole nitrogens is 1. The topological polar surface area (TPSA) is 119 Å². The van der Waals surface area contributed by atoms with Gasteiger partial charge in [-0.15, -0.1) is 0 Å². The molecule has 2 heterocycles. The number of hydrogen-bond acceptors (Lipinski definition) is 6. The van der Waals surface area contributed by atoms with E-state index in [0.717, 1.165) is 30.5 Å². The van der Waals surface area contributed by atoms with E-state index in [1.807, 2.05) is 24.3 Å². The molecule has 150 valence electrons. The molecule has 0 amide bonds. The summed E-state index contributed by atoms with van der Waals surface area (Å²) in [6.07, 6.45) is 2.58. The number of aromatic nitrogens is 4. The molecule has 0 fully saturated rings. The Balaban J connectivity index is 1.94. The van der Waals surface area contributed by atoms with Gasteiger partial charge in [0.05, 0.1) is 13.7 Å². The summed E-state index contributed by atoms with van der Waals surface area (Å²) in [4.78, 5) is 24.0. The highest BCUT2D eigenvalue weighted by Crippen LogP contribution is 2.40. The van der Waals surface area contributed by atoms with Crippen LogP contribution in [-0.4, -0.2) is 39.4 Å². The van der Waals surface area contributed by atoms with Crippen molar-refractivity contribution in [2.75, 3.05) is 30.9 Å². The number of aromatic amines is 1. The molecule has 8 nitrogen and oxygen atoms in total. The molecule has 2 aromatic heterocycles. The standard InChI is InChI=1S/C19H27N6O2P/c1-4-5-9-21-18-23-16(20)15-17(24-18)25(19(26)22-15)11-13-7-6-8-14(10-13)12-28(2,3)27/h6-8,10H,4-5,9,11-12H2,1-3H3,(H,22,26)(H3,20,21,23,24). The molecule has 0 aliphatic carbocycles. The van der Waals surface area contributed by atoms with E-state index in [0.29, 0.717) is 29.8 Å². The zero-order valence-corrected chi connectivity index (χ0v) is 17.4. The Labute approximate surface area is 164 Å². The van der Waals surface area contributed by atoms with Crippen LogP contribution in [0.5, 0.6) is 0 Å². The lowest BCUT2D eigenvalue weighted by Crippen LogP contribution is -2.18. The number of nitrogens with one attached hydrogen (secondary N) is 2. The summed E-state index contributed by atoms with van der Waals surface area (Å²) in [7, 11) is -2.17. The minimum Gasteiger partial charge on any atom is -0.382 e. The van der Waals surface area contributed by atoms with Crippen molar-refractivity contribution >= 4 is 30.1 Å². The van der Waals surface area contributed by atoms with Gasteiger partial charge in [0, 0.05) is 12.7 Å². The van der Waals surface area contributed by atoms with Gasteiger partial charge in [0.2, 0.25) is 5.95 Å². The second-order valence-electron chi connectivity index (χ2n) is 7.48. The zero-order valence-electron chi connectivity index (χ0n) is 16.5. The van der Waals surface area contributed by atoms with Gasteiger partial charge in [-0.05, 0) is 30.9 Å². The fraction of sp³-hybridized carbons (Fsp3) is 0.421. The van der Waals surface area contributed by atoms with Crippen molar-refractivity contribution in [2.45, 2.75) is 32.5 Å². The number of rotatable bonds is 8. The van der Waals surface area contributed by atoms with E-state index >= 15 is 0 Å². The van der Waals surface area contributed by atoms with Gasteiger partial charge < -0.3 is 20.6 Å². The highest BCUT2D eigenvalue weighted by atomic mass is 31.2. The van der Waals surface area contributed by atoms with Crippen molar-refractivity contribution in [3.05, 3.63) is 45.9 Å². The summed E-state index contributed by atoms with van der Waals surface area (Å²) in [6.45, 7) is 6.74. The summed E-state index contributed by atoms with van der Waals surface area (Å²) >= 11 is 0. The largest absolute Gasteiger partial charge is 0.382 e. The molecule has 0 atom stereocenters. The molecule has 0 radical (unpaired) electrons. The molecule has 1 aromatic carbocycles. The van der Waals surface area contributed by atoms with Gasteiger partial charge in [-0.1, -0.05) is 37.6 Å². The fourth-order valence-electron chi connectivity index (χ4n) is 3.10. The third kappa shape index (κ3) is 4.81. The second-order valence-corrected chi connectivity index (χ2v) is 10.9. The number of hydrogen-bond donors (Lipinski definition) is 3. The molecule has 0 unspecified atom stereocenters. The Hall–Kier alpha value is -2.60. The Morgan fingerprint density at radius 2 is 2.00 bits per heavy atom. The van der Waals surface area contributed by atoms with Crippen LogP contribution in [0.1, 0.15) is 30.9 Å². The minimum atomic E-state index is -2.17. The predicted molar refractivity (Wildman–Crippen MR) is 115 cm³/mol. The first-order valence-corrected chi connectivity index (χ1v) is 12.2. The predicted octanol–water partition coefficient (Wildman–Crippen LogP) is 3.08. The summed E-state index contributed by atoms with van der Waals surface area (Å²) in [6, 6.07) is 7.80. The Morgan fingerprint density at radius 3 is 2.71 bits per heavy atom. The maximum atomic E-state index is 12.5. The van der Waals surface area contributed by atoms with Gasteiger partial charge in [-0.2, -0.15) is 9.97 Å². The van der Waals surface area contributed by atoms with E-state index in [1.165, 1.54) is 0 Å². The van der Waals surface area contributed by atoms with Crippen LogP contribution in [0.2, 0.25) is 0 Å². The lowest BCUT2D eigenvalue weighted by molar-refractivity contribution is 0.582. The summed E-state index contributed by atoms with van der Waals surface area (Å²) < 4.78 is 13.7. The molecule has 0 aliphatic heterocycles. The molecule has 0 saturated heterocycles. The number of benzene rings is 1. The molecule has 0 aliphatic rings. The van der Waals surface area contributed by atoms with Crippen molar-refractivity contribution < 1.29 is 4.57 Å². The van der Waals surface area contributed by atoms with Gasteiger partial charge in [0.1, 0.15) is 5.52 Å². The van der Waals surface area contributed by atoms with E-state index in [9.17, 15) is 9.36 Å². The number of anilines is 2. The molecule has 3 rings (SSSR count). The molecule has 0 saturated carbocycles. The number of fused-ring (bicyclic) bond motifs is 1. The maximum Gasteiger partial charge on any atom is 0.328 e. The number of nitrogens with zero attached hydrogens (tertiary/aromatic N) is 3. The van der Waals surface area contributed by atoms with Gasteiger partial charge in [0.15, 0.2) is 11.5 Å². The molecule has 3 aromatic rings. The summed E-state index contributed by atoms with van der Waals surface area (Å²) in [5, 5.41) is 3.15. The number of imidazole rings is 1. The first-order chi connectivity index (χ1) is 13.3. The van der Waals surface area contributed by atoms with Crippen molar-refractivity contribution in [1.82, 2.24) is 19.5 Å². The fourth-order valence-corrected chi connectivity index (χ4v) is 4.18. The van der Waals surface area contributed by atoms with Crippen molar-refractivity contribution in [3.63, 3.8) is 0 Å². The third-order valence-corrected chi connectivity index (χ3v) is 5.49. The number of nitrogens with two attached hydrogens (primary N) is 1. The molecule has 4 N–H and O–H groups in total. The van der Waals surface area contributed by atoms with Crippen LogP contribution in [0, 0.1) is 0 Å². The molecule has 28 heavy (non-hydrogen) atoms. The first-order valence-electron chi connectivity index (χ1n) is 9.38. The van der Waals surface area contributed by atoms with E-state index in [-0.39, 0.29) is 11.5 Å². The quantitative estimate of drug-likeness (QED) is 0.394. The van der Waals surface area contributed by atoms with Gasteiger partial charge >= 0.3 is 5.69 Å². The first kappa shape index (κ1) is 20.1. The van der Waals surface area contributed by atoms with Gasteiger partial charge in [-0.25, -0.2) is 4.79 Å². The van der Waals surface area contributed by atoms with Crippen LogP contribution in [0.25, 0.3) is 11.2 Å². The van der Waals surface area contributed by atoms with Crippen LogP contribution >= 0.6 is 7.14 Å². The van der Waals surface area contributed by atoms with Crippen molar-refractivity contribution in [2.24, 2.45) is 0 Å². The van der Waals surface area contributed by atoms with Gasteiger partial charge in [-0.3, -0.25) is 4.57 Å². The van der Waals surface area contributed by atoms with E-state index in [1.54, 1.807) is 17.9 Å². The highest BCUT2D eigenvalue weighted by molar-refractivity contribution is 7.61. The van der Waals surface area contributed by atoms with Crippen molar-refractivity contribution in [3.8, 4) is 0 Å². The zero-order chi connectivity index (χ0) is 20.3. The van der Waals surface area contributed by atoms with Gasteiger partial charge in [0.25, 0.3) is 0 Å². The Bertz CT molecular complexity index is 1080. The van der Waals surface area contributed by atoms with Crippen LogP contribution in [-0.2, 0) is 17.3 Å². The summed E-state index contributed by atoms with van der Waals surface area (Å²) in [5.41, 5.74) is 8.58. The monoisotopic (exact) mass is 402 g/mol. The highest BCUT2D eigenvalue weighted by Gasteiger charge is 2.15. The molecule has 0 bridgehead atoms. The van der Waals surface area contributed by atoms with E-state index < -0.39 is 7.14 Å². The average Bonchev–Trinajstić information content (AvgIpc) is 2.91. The average molecular weight is 402 g/mol. The van der Waals surface area contributed by atoms with Crippen LogP contribution in [0.3, 0.4) is 0 Å². The van der Waals surface area contributed by atoms with E-state index in [4.69, 9.17) is 5.73 Å². The number of unbranched alkanes of at least 4 members (excludes halogenated alkanes) is 1. The lowest BCUT2D eigenvalue weighted by Gasteiger charge is -2.10. The molecular formula is C19H27N6O2P. The smallest absolute Gasteiger partial charge is 0.328 e. The second kappa shape index (κ2) is 8.19. The van der Waals surface area contributed by atoms with E-state index in [2.05, 4.69) is 27.2 Å². The molecule has 0 spiro atoms. The van der Waals surface area contributed by atoms with Crippen LogP contribution in [0.4, 0.5) is 11.8 Å². The SMILES string of the molecule is CCCCNc1nc(N)c2[nH]c(=O)n(Cc3cccc(CP(C)(C)=O)c3)c2n1. The number of nitrogen functional groups attached to an aromatic ring is 1. The molecule has 9 heteroatoms. The molecular weight excluding hydrogens is 375 g/mol. The normalized spacial score (nSPS) is 11.8. The Kier molecular flexibility index (Phi) is 5.89. The van der Waals surface area contributed by atoms with Crippen LogP contribution < -0.4 is 16.7 Å². The van der Waals surface area contributed by atoms with Crippen LogP contribution in [0.15, 0.2) is 29.1 Å².